The summed E-state index contributed by atoms with van der Waals surface area (Å²) >= 11 is 0. The number of hydrogen-bond donors (Lipinski definition) is 2. The number of nitrogens with zero attached hydrogens (tertiary/aromatic N) is 1. The molecule has 2 aliphatic rings. The van der Waals surface area contributed by atoms with Gasteiger partial charge in [0.05, 0.1) is 18.8 Å². The molecule has 7 heteroatoms. The SMILES string of the molecule is CCc1ccc(NC(=O)c2cccc(N3C(=O)N[C@H]4C[C@@]3(C)Oc3c(OC)cccc34)c2)cc1. The van der Waals surface area contributed by atoms with Crippen molar-refractivity contribution in [2.45, 2.75) is 38.5 Å². The van der Waals surface area contributed by atoms with E-state index in [-0.39, 0.29) is 18.0 Å². The van der Waals surface area contributed by atoms with Crippen LogP contribution < -0.4 is 25.0 Å². The van der Waals surface area contributed by atoms with E-state index in [0.29, 0.717) is 29.2 Å². The van der Waals surface area contributed by atoms with Crippen LogP contribution in [0.25, 0.3) is 0 Å². The minimum atomic E-state index is -0.945. The molecule has 34 heavy (non-hydrogen) atoms. The van der Waals surface area contributed by atoms with Crippen molar-refractivity contribution in [2.75, 3.05) is 17.3 Å². The van der Waals surface area contributed by atoms with Crippen LogP contribution in [0.15, 0.2) is 66.7 Å². The smallest absolute Gasteiger partial charge is 0.325 e. The molecule has 3 aromatic carbocycles. The fourth-order valence-electron chi connectivity index (χ4n) is 4.73. The molecule has 0 unspecified atom stereocenters. The van der Waals surface area contributed by atoms with Gasteiger partial charge in [0.2, 0.25) is 0 Å². The summed E-state index contributed by atoms with van der Waals surface area (Å²) in [7, 11) is 1.60. The number of anilines is 2. The Hall–Kier alpha value is -4.00. The molecule has 0 saturated carbocycles. The number of para-hydroxylation sites is 1. The van der Waals surface area contributed by atoms with Crippen LogP contribution in [0.4, 0.5) is 16.2 Å². The predicted molar refractivity (Wildman–Crippen MR) is 131 cm³/mol. The summed E-state index contributed by atoms with van der Waals surface area (Å²) in [6.45, 7) is 3.97. The maximum absolute atomic E-state index is 13.2. The molecule has 1 saturated heterocycles. The lowest BCUT2D eigenvalue weighted by molar-refractivity contribution is 0.0349. The quantitative estimate of drug-likeness (QED) is 0.546. The maximum atomic E-state index is 13.2. The van der Waals surface area contributed by atoms with Crippen molar-refractivity contribution >= 4 is 23.3 Å². The van der Waals surface area contributed by atoms with Gasteiger partial charge < -0.3 is 20.1 Å². The minimum Gasteiger partial charge on any atom is -0.493 e. The highest BCUT2D eigenvalue weighted by molar-refractivity contribution is 6.05. The van der Waals surface area contributed by atoms with Gasteiger partial charge in [-0.2, -0.15) is 0 Å². The lowest BCUT2D eigenvalue weighted by Gasteiger charge is -2.50. The van der Waals surface area contributed by atoms with Crippen LogP contribution in [-0.2, 0) is 6.42 Å². The number of carbonyl (C=O) groups is 2. The normalized spacial score (nSPS) is 20.6. The van der Waals surface area contributed by atoms with Crippen LogP contribution in [0.2, 0.25) is 0 Å². The molecule has 0 aromatic heterocycles. The molecule has 174 valence electrons. The summed E-state index contributed by atoms with van der Waals surface area (Å²) in [6, 6.07) is 20.0. The van der Waals surface area contributed by atoms with Gasteiger partial charge in [-0.3, -0.25) is 9.69 Å². The first-order chi connectivity index (χ1) is 16.4. The Morgan fingerprint density at radius 3 is 2.68 bits per heavy atom. The molecule has 5 rings (SSSR count). The molecule has 1 fully saturated rings. The molecule has 2 N–H and O–H groups in total. The van der Waals surface area contributed by atoms with E-state index in [9.17, 15) is 9.59 Å². The van der Waals surface area contributed by atoms with E-state index in [1.807, 2.05) is 49.4 Å². The zero-order chi connectivity index (χ0) is 23.9. The first-order valence-corrected chi connectivity index (χ1v) is 11.4. The number of aryl methyl sites for hydroxylation is 1. The largest absolute Gasteiger partial charge is 0.493 e. The van der Waals surface area contributed by atoms with Crippen molar-refractivity contribution in [1.82, 2.24) is 5.32 Å². The van der Waals surface area contributed by atoms with Gasteiger partial charge in [0, 0.05) is 23.2 Å². The lowest BCUT2D eigenvalue weighted by atomic mass is 9.89. The molecule has 3 amide bonds. The molecule has 0 spiro atoms. The van der Waals surface area contributed by atoms with Crippen LogP contribution in [0.1, 0.15) is 47.8 Å². The van der Waals surface area contributed by atoms with Gasteiger partial charge in [-0.15, -0.1) is 0 Å². The molecule has 0 aliphatic carbocycles. The summed E-state index contributed by atoms with van der Waals surface area (Å²) in [5.74, 6) is 0.994. The van der Waals surface area contributed by atoms with Crippen molar-refractivity contribution in [3.63, 3.8) is 0 Å². The number of methoxy groups -OCH3 is 1. The Bertz CT molecular complexity index is 1260. The van der Waals surface area contributed by atoms with Gasteiger partial charge in [0.1, 0.15) is 0 Å². The Morgan fingerprint density at radius 1 is 1.18 bits per heavy atom. The number of nitrogens with one attached hydrogen (secondary N) is 2. The topological polar surface area (TPSA) is 79.9 Å². The molecule has 7 nitrogen and oxygen atoms in total. The van der Waals surface area contributed by atoms with Gasteiger partial charge in [0.25, 0.3) is 5.91 Å². The van der Waals surface area contributed by atoms with Gasteiger partial charge in [-0.1, -0.05) is 37.3 Å². The molecular weight excluding hydrogens is 430 g/mol. The zero-order valence-corrected chi connectivity index (χ0v) is 19.4. The second-order valence-electron chi connectivity index (χ2n) is 8.75. The summed E-state index contributed by atoms with van der Waals surface area (Å²) in [5, 5.41) is 6.01. The highest BCUT2D eigenvalue weighted by atomic mass is 16.5. The fourth-order valence-corrected chi connectivity index (χ4v) is 4.73. The van der Waals surface area contributed by atoms with Crippen LogP contribution >= 0.6 is 0 Å². The molecule has 3 aromatic rings. The van der Waals surface area contributed by atoms with Crippen molar-refractivity contribution < 1.29 is 19.1 Å². The third kappa shape index (κ3) is 3.73. The van der Waals surface area contributed by atoms with E-state index in [2.05, 4.69) is 17.6 Å². The molecule has 2 bridgehead atoms. The first kappa shape index (κ1) is 21.8. The number of rotatable bonds is 5. The highest BCUT2D eigenvalue weighted by Gasteiger charge is 2.50. The molecule has 2 atom stereocenters. The summed E-state index contributed by atoms with van der Waals surface area (Å²) in [5.41, 5.74) is 2.90. The molecule has 0 radical (unpaired) electrons. The predicted octanol–water partition coefficient (Wildman–Crippen LogP) is 5.28. The number of benzene rings is 3. The average molecular weight is 458 g/mol. The van der Waals surface area contributed by atoms with Gasteiger partial charge in [-0.05, 0) is 55.3 Å². The number of carbonyl (C=O) groups excluding carboxylic acids is 2. The Balaban J connectivity index is 1.44. The Labute approximate surface area is 198 Å². The van der Waals surface area contributed by atoms with E-state index in [0.717, 1.165) is 17.7 Å². The van der Waals surface area contributed by atoms with Crippen LogP contribution in [-0.4, -0.2) is 24.8 Å². The number of urea groups is 1. The van der Waals surface area contributed by atoms with E-state index >= 15 is 0 Å². The molecular formula is C27H27N3O4. The van der Waals surface area contributed by atoms with Gasteiger partial charge >= 0.3 is 6.03 Å². The van der Waals surface area contributed by atoms with E-state index in [1.165, 1.54) is 5.56 Å². The second kappa shape index (κ2) is 8.41. The van der Waals surface area contributed by atoms with Gasteiger partial charge in [-0.25, -0.2) is 4.79 Å². The number of amides is 3. The number of ether oxygens (including phenoxy) is 2. The number of hydrogen-bond acceptors (Lipinski definition) is 4. The Kier molecular flexibility index (Phi) is 5.40. The first-order valence-electron chi connectivity index (χ1n) is 11.4. The van der Waals surface area contributed by atoms with E-state index < -0.39 is 5.72 Å². The maximum Gasteiger partial charge on any atom is 0.325 e. The summed E-state index contributed by atoms with van der Waals surface area (Å²) in [6.07, 6.45) is 1.49. The van der Waals surface area contributed by atoms with Gasteiger partial charge in [0.15, 0.2) is 17.2 Å². The third-order valence-corrected chi connectivity index (χ3v) is 6.47. The molecule has 2 aliphatic heterocycles. The van der Waals surface area contributed by atoms with Crippen molar-refractivity contribution in [1.29, 1.82) is 0 Å². The van der Waals surface area contributed by atoms with E-state index in [4.69, 9.17) is 9.47 Å². The van der Waals surface area contributed by atoms with Crippen LogP contribution in [0.5, 0.6) is 11.5 Å². The minimum absolute atomic E-state index is 0.190. The fraction of sp³-hybridized carbons (Fsp3) is 0.259. The van der Waals surface area contributed by atoms with Crippen molar-refractivity contribution in [3.05, 3.63) is 83.4 Å². The van der Waals surface area contributed by atoms with Crippen LogP contribution in [0.3, 0.4) is 0 Å². The van der Waals surface area contributed by atoms with Crippen LogP contribution in [0, 0.1) is 0 Å². The molecule has 2 heterocycles. The summed E-state index contributed by atoms with van der Waals surface area (Å²) < 4.78 is 11.9. The van der Waals surface area contributed by atoms with Crippen molar-refractivity contribution in [3.8, 4) is 11.5 Å². The zero-order valence-electron chi connectivity index (χ0n) is 19.4. The lowest BCUT2D eigenvalue weighted by Crippen LogP contribution is -2.65. The Morgan fingerprint density at radius 2 is 1.94 bits per heavy atom. The monoisotopic (exact) mass is 457 g/mol. The van der Waals surface area contributed by atoms with Crippen molar-refractivity contribution in [2.24, 2.45) is 0 Å². The second-order valence-corrected chi connectivity index (χ2v) is 8.75. The standard InChI is InChI=1S/C27H27N3O4/c1-4-17-11-13-19(14-12-17)28-25(31)18-7-5-8-20(15-18)30-26(32)29-22-16-27(30,2)34-24-21(22)9-6-10-23(24)33-3/h5-15,22H,4,16H2,1-3H3,(H,28,31)(H,29,32)/t22-,27+/m0/s1. The third-order valence-electron chi connectivity index (χ3n) is 6.47. The number of fused-ring (bicyclic) bond motifs is 4. The summed E-state index contributed by atoms with van der Waals surface area (Å²) in [4.78, 5) is 27.7. The average Bonchev–Trinajstić information content (AvgIpc) is 2.84. The van der Waals surface area contributed by atoms with E-state index in [1.54, 1.807) is 36.3 Å². The highest BCUT2D eigenvalue weighted by Crippen LogP contribution is 2.49.